The fourth-order valence-electron chi connectivity index (χ4n) is 4.12. The van der Waals surface area contributed by atoms with Gasteiger partial charge in [0.05, 0.1) is 23.1 Å². The fourth-order valence-corrected chi connectivity index (χ4v) is 5.53. The van der Waals surface area contributed by atoms with Crippen LogP contribution in [0.25, 0.3) is 0 Å². The molecule has 2 aliphatic heterocycles. The number of nitrogens with one attached hydrogen (secondary N) is 1. The molecule has 4 rings (SSSR count). The monoisotopic (exact) mass is 464 g/mol. The number of ether oxygens (including phenoxy) is 2. The summed E-state index contributed by atoms with van der Waals surface area (Å²) in [5.41, 5.74) is 2.12. The number of benzene rings is 2. The van der Waals surface area contributed by atoms with Crippen molar-refractivity contribution in [3.8, 4) is 11.5 Å². The number of likely N-dealkylation sites (tertiary alicyclic amines) is 1. The average molecular weight is 465 g/mol. The Morgan fingerprint density at radius 1 is 1.13 bits per heavy atom. The summed E-state index contributed by atoms with van der Waals surface area (Å²) in [5, 5.41) is 0.578. The lowest BCUT2D eigenvalue weighted by molar-refractivity contribution is 0.168. The van der Waals surface area contributed by atoms with Crippen LogP contribution in [0.15, 0.2) is 41.3 Å². The number of hydrogen-bond donors (Lipinski definition) is 1. The first-order valence-corrected chi connectivity index (χ1v) is 12.6. The smallest absolute Gasteiger partial charge is 0.240 e. The highest BCUT2D eigenvalue weighted by Crippen LogP contribution is 2.38. The Bertz CT molecular complexity index is 1010. The van der Waals surface area contributed by atoms with Gasteiger partial charge in [-0.25, -0.2) is 13.1 Å². The van der Waals surface area contributed by atoms with E-state index in [9.17, 15) is 8.42 Å². The van der Waals surface area contributed by atoms with Crippen molar-refractivity contribution in [1.29, 1.82) is 0 Å². The molecule has 31 heavy (non-hydrogen) atoms. The summed E-state index contributed by atoms with van der Waals surface area (Å²) in [7, 11) is -3.49. The van der Waals surface area contributed by atoms with Gasteiger partial charge in [-0.2, -0.15) is 0 Å². The van der Waals surface area contributed by atoms with Gasteiger partial charge in [0.1, 0.15) is 0 Å². The topological polar surface area (TPSA) is 67.9 Å². The second-order valence-electron chi connectivity index (χ2n) is 8.36. The van der Waals surface area contributed by atoms with Gasteiger partial charge in [0.2, 0.25) is 10.0 Å². The minimum Gasteiger partial charge on any atom is -0.489 e. The van der Waals surface area contributed by atoms with Crippen LogP contribution in [-0.2, 0) is 16.6 Å². The van der Waals surface area contributed by atoms with Crippen molar-refractivity contribution in [1.82, 2.24) is 9.62 Å². The Morgan fingerprint density at radius 3 is 2.71 bits per heavy atom. The molecular weight excluding hydrogens is 436 g/mol. The summed E-state index contributed by atoms with van der Waals surface area (Å²) in [6, 6.07) is 10.9. The number of halogens is 1. The zero-order valence-corrected chi connectivity index (χ0v) is 19.3. The Balaban J connectivity index is 1.36. The summed E-state index contributed by atoms with van der Waals surface area (Å²) in [4.78, 5) is 2.66. The minimum atomic E-state index is -3.49. The van der Waals surface area contributed by atoms with Crippen molar-refractivity contribution in [2.45, 2.75) is 37.6 Å². The van der Waals surface area contributed by atoms with Crippen LogP contribution in [0.2, 0.25) is 5.02 Å². The molecule has 0 spiro atoms. The van der Waals surface area contributed by atoms with E-state index in [0.717, 1.165) is 50.0 Å². The standard InChI is InChI=1S/C23H29ClN2O4S/c1-17-5-7-20(8-6-17)31(27,28)25-14-18-4-2-9-26(15-18)16-19-12-21(24)23-22(13-19)29-10-3-11-30-23/h5-8,12-13,18,25H,2-4,9-11,14-16H2,1H3. The lowest BCUT2D eigenvalue weighted by Crippen LogP contribution is -2.40. The van der Waals surface area contributed by atoms with Gasteiger partial charge in [0.25, 0.3) is 0 Å². The number of rotatable bonds is 6. The van der Waals surface area contributed by atoms with Gasteiger partial charge in [-0.1, -0.05) is 29.3 Å². The van der Waals surface area contributed by atoms with Crippen LogP contribution in [-0.4, -0.2) is 46.2 Å². The molecule has 0 aliphatic carbocycles. The molecule has 1 saturated heterocycles. The molecule has 1 unspecified atom stereocenters. The molecule has 0 amide bonds. The largest absolute Gasteiger partial charge is 0.489 e. The molecule has 0 radical (unpaired) electrons. The van der Waals surface area contributed by atoms with Crippen molar-refractivity contribution in [2.24, 2.45) is 5.92 Å². The number of hydrogen-bond acceptors (Lipinski definition) is 5. The van der Waals surface area contributed by atoms with Gasteiger partial charge < -0.3 is 9.47 Å². The summed E-state index contributed by atoms with van der Waals surface area (Å²) < 4.78 is 39.5. The van der Waals surface area contributed by atoms with Gasteiger partial charge in [0.15, 0.2) is 11.5 Å². The third-order valence-electron chi connectivity index (χ3n) is 5.76. The first-order valence-electron chi connectivity index (χ1n) is 10.8. The van der Waals surface area contributed by atoms with Crippen molar-refractivity contribution in [2.75, 3.05) is 32.8 Å². The lowest BCUT2D eigenvalue weighted by Gasteiger charge is -2.33. The quantitative estimate of drug-likeness (QED) is 0.699. The van der Waals surface area contributed by atoms with Crippen molar-refractivity contribution < 1.29 is 17.9 Å². The van der Waals surface area contributed by atoms with Crippen LogP contribution in [0.5, 0.6) is 11.5 Å². The first-order chi connectivity index (χ1) is 14.9. The third kappa shape index (κ3) is 5.71. The van der Waals surface area contributed by atoms with Gasteiger partial charge in [-0.3, -0.25) is 4.90 Å². The second-order valence-corrected chi connectivity index (χ2v) is 10.5. The predicted molar refractivity (Wildman–Crippen MR) is 121 cm³/mol. The predicted octanol–water partition coefficient (Wildman–Crippen LogP) is 4.00. The van der Waals surface area contributed by atoms with Crippen molar-refractivity contribution >= 4 is 21.6 Å². The summed E-state index contributed by atoms with van der Waals surface area (Å²) in [6.07, 6.45) is 2.89. The van der Waals surface area contributed by atoms with E-state index in [-0.39, 0.29) is 5.92 Å². The number of aryl methyl sites for hydroxylation is 1. The third-order valence-corrected chi connectivity index (χ3v) is 7.48. The Morgan fingerprint density at radius 2 is 1.90 bits per heavy atom. The van der Waals surface area contributed by atoms with Gasteiger partial charge >= 0.3 is 0 Å². The summed E-state index contributed by atoms with van der Waals surface area (Å²) >= 11 is 6.43. The molecule has 0 bridgehead atoms. The molecule has 2 aromatic carbocycles. The van der Waals surface area contributed by atoms with E-state index in [0.29, 0.717) is 41.2 Å². The van der Waals surface area contributed by atoms with E-state index in [1.807, 2.05) is 31.2 Å². The van der Waals surface area contributed by atoms with Gasteiger partial charge in [-0.05, 0) is 62.1 Å². The minimum absolute atomic E-state index is 0.268. The molecule has 8 heteroatoms. The maximum Gasteiger partial charge on any atom is 0.240 e. The molecular formula is C23H29ClN2O4S. The van der Waals surface area contributed by atoms with Crippen LogP contribution >= 0.6 is 11.6 Å². The van der Waals surface area contributed by atoms with E-state index in [2.05, 4.69) is 9.62 Å². The van der Waals surface area contributed by atoms with Gasteiger partial charge in [0, 0.05) is 26.1 Å². The molecule has 0 saturated carbocycles. The molecule has 168 valence electrons. The van der Waals surface area contributed by atoms with Gasteiger partial charge in [-0.15, -0.1) is 0 Å². The zero-order chi connectivity index (χ0) is 21.8. The highest BCUT2D eigenvalue weighted by atomic mass is 35.5. The lowest BCUT2D eigenvalue weighted by atomic mass is 9.98. The SMILES string of the molecule is Cc1ccc(S(=O)(=O)NCC2CCCN(Cc3cc(Cl)c4c(c3)OCCCO4)C2)cc1. The molecule has 2 aromatic rings. The Hall–Kier alpha value is -1.80. The van der Waals surface area contributed by atoms with E-state index in [1.165, 1.54) is 0 Å². The van der Waals surface area contributed by atoms with Crippen LogP contribution in [0.4, 0.5) is 0 Å². The maximum absolute atomic E-state index is 12.6. The molecule has 2 aliphatic rings. The van der Waals surface area contributed by atoms with Crippen LogP contribution < -0.4 is 14.2 Å². The molecule has 1 N–H and O–H groups in total. The highest BCUT2D eigenvalue weighted by Gasteiger charge is 2.24. The van der Waals surface area contributed by atoms with E-state index >= 15 is 0 Å². The maximum atomic E-state index is 12.6. The van der Waals surface area contributed by atoms with E-state index in [4.69, 9.17) is 21.1 Å². The van der Waals surface area contributed by atoms with Crippen LogP contribution in [0.3, 0.4) is 0 Å². The van der Waals surface area contributed by atoms with Crippen LogP contribution in [0, 0.1) is 12.8 Å². The van der Waals surface area contributed by atoms with Crippen LogP contribution in [0.1, 0.15) is 30.4 Å². The Kier molecular flexibility index (Phi) is 7.06. The van der Waals surface area contributed by atoms with E-state index < -0.39 is 10.0 Å². The molecule has 0 aromatic heterocycles. The number of sulfonamides is 1. The molecule has 6 nitrogen and oxygen atoms in total. The molecule has 1 fully saturated rings. The normalized spacial score (nSPS) is 19.7. The molecule has 1 atom stereocenters. The summed E-state index contributed by atoms with van der Waals surface area (Å²) in [6.45, 7) is 6.18. The van der Waals surface area contributed by atoms with E-state index in [1.54, 1.807) is 12.1 Å². The second kappa shape index (κ2) is 9.77. The highest BCUT2D eigenvalue weighted by molar-refractivity contribution is 7.89. The Labute approximate surface area is 189 Å². The summed E-state index contributed by atoms with van der Waals surface area (Å²) in [5.74, 6) is 1.61. The number of nitrogens with zero attached hydrogens (tertiary/aromatic N) is 1. The van der Waals surface area contributed by atoms with Crippen molar-refractivity contribution in [3.05, 3.63) is 52.5 Å². The molecule has 2 heterocycles. The fraction of sp³-hybridized carbons (Fsp3) is 0.478. The number of fused-ring (bicyclic) bond motifs is 1. The van der Waals surface area contributed by atoms with Crippen molar-refractivity contribution in [3.63, 3.8) is 0 Å². The zero-order valence-electron chi connectivity index (χ0n) is 17.8. The average Bonchev–Trinajstić information content (AvgIpc) is 2.99. The number of piperidine rings is 1. The first kappa shape index (κ1) is 22.4.